The van der Waals surface area contributed by atoms with Crippen molar-refractivity contribution >= 4 is 0 Å². The second-order valence-corrected chi connectivity index (χ2v) is 4.58. The van der Waals surface area contributed by atoms with Crippen LogP contribution in [0.15, 0.2) is 24.3 Å². The van der Waals surface area contributed by atoms with Crippen LogP contribution in [0.2, 0.25) is 0 Å². The summed E-state index contributed by atoms with van der Waals surface area (Å²) in [7, 11) is 0. The molecule has 1 N–H and O–H groups in total. The summed E-state index contributed by atoms with van der Waals surface area (Å²) in [6.07, 6.45) is 3.73. The van der Waals surface area contributed by atoms with Gasteiger partial charge in [-0.05, 0) is 43.9 Å². The Hall–Kier alpha value is -1.02. The summed E-state index contributed by atoms with van der Waals surface area (Å²) in [5, 5.41) is 3.59. The van der Waals surface area contributed by atoms with Gasteiger partial charge < -0.3 is 10.1 Å². The van der Waals surface area contributed by atoms with Crippen molar-refractivity contribution < 1.29 is 4.74 Å². The van der Waals surface area contributed by atoms with Crippen molar-refractivity contribution in [3.63, 3.8) is 0 Å². The molecule has 1 fully saturated rings. The highest BCUT2D eigenvalue weighted by atomic mass is 16.5. The van der Waals surface area contributed by atoms with Gasteiger partial charge in [0.1, 0.15) is 5.75 Å². The van der Waals surface area contributed by atoms with Crippen LogP contribution in [0.25, 0.3) is 0 Å². The topological polar surface area (TPSA) is 21.3 Å². The first kappa shape index (κ1) is 11.5. The van der Waals surface area contributed by atoms with Crippen molar-refractivity contribution in [1.82, 2.24) is 5.32 Å². The van der Waals surface area contributed by atoms with Crippen LogP contribution in [0.3, 0.4) is 0 Å². The maximum Gasteiger partial charge on any atom is 0.119 e. The van der Waals surface area contributed by atoms with E-state index in [1.165, 1.54) is 18.4 Å². The molecule has 1 atom stereocenters. The van der Waals surface area contributed by atoms with Gasteiger partial charge in [-0.1, -0.05) is 19.1 Å². The Balaban J connectivity index is 1.89. The van der Waals surface area contributed by atoms with Crippen molar-refractivity contribution in [2.24, 2.45) is 0 Å². The van der Waals surface area contributed by atoms with Crippen LogP contribution in [0.4, 0.5) is 0 Å². The fourth-order valence-corrected chi connectivity index (χ4v) is 1.77. The van der Waals surface area contributed by atoms with Crippen molar-refractivity contribution in [3.05, 3.63) is 29.8 Å². The quantitative estimate of drug-likeness (QED) is 0.792. The van der Waals surface area contributed by atoms with Crippen molar-refractivity contribution in [1.29, 1.82) is 0 Å². The average molecular weight is 219 g/mol. The van der Waals surface area contributed by atoms with E-state index in [0.717, 1.165) is 24.8 Å². The van der Waals surface area contributed by atoms with E-state index in [0.29, 0.717) is 6.04 Å². The summed E-state index contributed by atoms with van der Waals surface area (Å²) in [4.78, 5) is 0. The zero-order valence-electron chi connectivity index (χ0n) is 10.2. The third kappa shape index (κ3) is 3.24. The van der Waals surface area contributed by atoms with Crippen LogP contribution < -0.4 is 10.1 Å². The smallest absolute Gasteiger partial charge is 0.119 e. The van der Waals surface area contributed by atoms with Crippen LogP contribution in [-0.2, 0) is 0 Å². The third-order valence-corrected chi connectivity index (χ3v) is 2.92. The Kier molecular flexibility index (Phi) is 3.83. The molecule has 16 heavy (non-hydrogen) atoms. The molecule has 0 amide bonds. The monoisotopic (exact) mass is 219 g/mol. The molecule has 88 valence electrons. The van der Waals surface area contributed by atoms with Crippen LogP contribution in [0.5, 0.6) is 5.75 Å². The maximum atomic E-state index is 5.56. The SMILES string of the molecule is CCCOc1ccc(C(C)NC2CC2)cc1. The molecule has 1 aromatic rings. The molecule has 2 rings (SSSR count). The highest BCUT2D eigenvalue weighted by molar-refractivity contribution is 5.29. The molecule has 2 heteroatoms. The lowest BCUT2D eigenvalue weighted by Gasteiger charge is -2.14. The summed E-state index contributed by atoms with van der Waals surface area (Å²) in [6.45, 7) is 5.14. The zero-order chi connectivity index (χ0) is 11.4. The predicted octanol–water partition coefficient (Wildman–Crippen LogP) is 3.29. The van der Waals surface area contributed by atoms with Gasteiger partial charge in [-0.3, -0.25) is 0 Å². The summed E-state index contributed by atoms with van der Waals surface area (Å²) < 4.78 is 5.56. The molecule has 1 saturated carbocycles. The van der Waals surface area contributed by atoms with Gasteiger partial charge in [0.15, 0.2) is 0 Å². The van der Waals surface area contributed by atoms with Crippen molar-refractivity contribution in [2.75, 3.05) is 6.61 Å². The lowest BCUT2D eigenvalue weighted by molar-refractivity contribution is 0.317. The van der Waals surface area contributed by atoms with Gasteiger partial charge in [-0.15, -0.1) is 0 Å². The molecule has 0 heterocycles. The van der Waals surface area contributed by atoms with Gasteiger partial charge in [0, 0.05) is 12.1 Å². The molecule has 0 saturated heterocycles. The Morgan fingerprint density at radius 3 is 2.56 bits per heavy atom. The summed E-state index contributed by atoms with van der Waals surface area (Å²) in [6, 6.07) is 9.65. The van der Waals surface area contributed by atoms with E-state index >= 15 is 0 Å². The van der Waals surface area contributed by atoms with Gasteiger partial charge in [-0.25, -0.2) is 0 Å². The molecule has 0 radical (unpaired) electrons. The molecule has 0 bridgehead atoms. The van der Waals surface area contributed by atoms with Gasteiger partial charge in [0.25, 0.3) is 0 Å². The van der Waals surface area contributed by atoms with Gasteiger partial charge in [-0.2, -0.15) is 0 Å². The lowest BCUT2D eigenvalue weighted by atomic mass is 10.1. The largest absolute Gasteiger partial charge is 0.494 e. The fraction of sp³-hybridized carbons (Fsp3) is 0.571. The molecule has 1 aliphatic rings. The van der Waals surface area contributed by atoms with Gasteiger partial charge in [0.2, 0.25) is 0 Å². The van der Waals surface area contributed by atoms with E-state index in [-0.39, 0.29) is 0 Å². The summed E-state index contributed by atoms with van der Waals surface area (Å²) >= 11 is 0. The van der Waals surface area contributed by atoms with Crippen LogP contribution >= 0.6 is 0 Å². The number of nitrogens with one attached hydrogen (secondary N) is 1. The minimum absolute atomic E-state index is 0.452. The molecular formula is C14H21NO. The number of hydrogen-bond acceptors (Lipinski definition) is 2. The standard InChI is InChI=1S/C14H21NO/c1-3-10-16-14-8-4-12(5-9-14)11(2)15-13-6-7-13/h4-5,8-9,11,13,15H,3,6-7,10H2,1-2H3. The van der Waals surface area contributed by atoms with E-state index in [1.54, 1.807) is 0 Å². The minimum Gasteiger partial charge on any atom is -0.494 e. The van der Waals surface area contributed by atoms with Gasteiger partial charge >= 0.3 is 0 Å². The van der Waals surface area contributed by atoms with E-state index in [2.05, 4.69) is 43.4 Å². The first-order valence-electron chi connectivity index (χ1n) is 6.28. The van der Waals surface area contributed by atoms with Crippen molar-refractivity contribution in [2.45, 2.75) is 45.2 Å². The molecule has 2 nitrogen and oxygen atoms in total. The van der Waals surface area contributed by atoms with Gasteiger partial charge in [0.05, 0.1) is 6.61 Å². The number of benzene rings is 1. The molecular weight excluding hydrogens is 198 g/mol. The first-order chi connectivity index (χ1) is 7.79. The van der Waals surface area contributed by atoms with E-state index < -0.39 is 0 Å². The Morgan fingerprint density at radius 1 is 1.31 bits per heavy atom. The predicted molar refractivity (Wildman–Crippen MR) is 66.8 cm³/mol. The fourth-order valence-electron chi connectivity index (χ4n) is 1.77. The zero-order valence-corrected chi connectivity index (χ0v) is 10.2. The molecule has 1 aliphatic carbocycles. The normalized spacial score (nSPS) is 17.1. The Labute approximate surface area is 98.0 Å². The minimum atomic E-state index is 0.452. The second kappa shape index (κ2) is 5.35. The number of rotatable bonds is 6. The van der Waals surface area contributed by atoms with Crippen molar-refractivity contribution in [3.8, 4) is 5.75 Å². The Morgan fingerprint density at radius 2 is 2.00 bits per heavy atom. The molecule has 0 aromatic heterocycles. The van der Waals surface area contributed by atoms with E-state index in [9.17, 15) is 0 Å². The van der Waals surface area contributed by atoms with Crippen LogP contribution in [0.1, 0.15) is 44.7 Å². The summed E-state index contributed by atoms with van der Waals surface area (Å²) in [5.41, 5.74) is 1.34. The highest BCUT2D eigenvalue weighted by Gasteiger charge is 2.23. The van der Waals surface area contributed by atoms with E-state index in [4.69, 9.17) is 4.74 Å². The van der Waals surface area contributed by atoms with Crippen LogP contribution in [0, 0.1) is 0 Å². The molecule has 1 unspecified atom stereocenters. The lowest BCUT2D eigenvalue weighted by Crippen LogP contribution is -2.20. The number of hydrogen-bond donors (Lipinski definition) is 1. The highest BCUT2D eigenvalue weighted by Crippen LogP contribution is 2.24. The summed E-state index contributed by atoms with van der Waals surface area (Å²) in [5.74, 6) is 0.976. The Bertz CT molecular complexity index is 316. The molecule has 0 aliphatic heterocycles. The first-order valence-corrected chi connectivity index (χ1v) is 6.28. The third-order valence-electron chi connectivity index (χ3n) is 2.92. The molecule has 1 aromatic carbocycles. The number of ether oxygens (including phenoxy) is 1. The average Bonchev–Trinajstić information content (AvgIpc) is 3.11. The van der Waals surface area contributed by atoms with Crippen LogP contribution in [-0.4, -0.2) is 12.6 Å². The second-order valence-electron chi connectivity index (χ2n) is 4.58. The van der Waals surface area contributed by atoms with E-state index in [1.807, 2.05) is 0 Å². The maximum absolute atomic E-state index is 5.56. The molecule has 0 spiro atoms.